The van der Waals surface area contributed by atoms with E-state index < -0.39 is 0 Å². The summed E-state index contributed by atoms with van der Waals surface area (Å²) in [5.41, 5.74) is 2.24. The number of aliphatic hydroxyl groups excluding tert-OH is 1. The average Bonchev–Trinajstić information content (AvgIpc) is 2.97. The Kier molecular flexibility index (Phi) is 2.61. The third kappa shape index (κ3) is 1.94. The highest BCUT2D eigenvalue weighted by Gasteiger charge is 2.23. The molecule has 0 spiro atoms. The Morgan fingerprint density at radius 1 is 1.29 bits per heavy atom. The summed E-state index contributed by atoms with van der Waals surface area (Å²) < 4.78 is 7.77. The lowest BCUT2D eigenvalue weighted by molar-refractivity contribution is 0.281. The molecule has 0 bridgehead atoms. The summed E-state index contributed by atoms with van der Waals surface area (Å²) in [6, 6.07) is 10.1. The summed E-state index contributed by atoms with van der Waals surface area (Å²) in [5.74, 6) is 1.41. The van der Waals surface area contributed by atoms with E-state index in [2.05, 4.69) is 16.7 Å². The number of rotatable bonds is 3. The second kappa shape index (κ2) is 4.26. The van der Waals surface area contributed by atoms with Crippen molar-refractivity contribution in [1.29, 1.82) is 0 Å². The highest BCUT2D eigenvalue weighted by atomic mass is 16.5. The maximum Gasteiger partial charge on any atom is 0.122 e. The molecule has 0 saturated heterocycles. The molecule has 0 fully saturated rings. The van der Waals surface area contributed by atoms with Gasteiger partial charge in [-0.25, -0.2) is 0 Å². The van der Waals surface area contributed by atoms with Crippen LogP contribution in [0.25, 0.3) is 0 Å². The van der Waals surface area contributed by atoms with Crippen LogP contribution in [0.1, 0.15) is 17.0 Å². The second-order valence-electron chi connectivity index (χ2n) is 4.42. The van der Waals surface area contributed by atoms with Gasteiger partial charge in [0.05, 0.1) is 13.2 Å². The van der Waals surface area contributed by atoms with Crippen molar-refractivity contribution in [3.05, 3.63) is 53.9 Å². The third-order valence-electron chi connectivity index (χ3n) is 3.22. The lowest BCUT2D eigenvalue weighted by Gasteiger charge is -2.09. The molecular weight excluding hydrogens is 214 g/mol. The maximum atomic E-state index is 9.03. The molecule has 0 radical (unpaired) electrons. The molecule has 1 atom stereocenters. The fourth-order valence-corrected chi connectivity index (χ4v) is 2.33. The van der Waals surface area contributed by atoms with Gasteiger partial charge in [0.2, 0.25) is 0 Å². The van der Waals surface area contributed by atoms with E-state index in [1.807, 2.05) is 30.6 Å². The Labute approximate surface area is 100 Å². The first-order valence-corrected chi connectivity index (χ1v) is 5.84. The lowest BCUT2D eigenvalue weighted by atomic mass is 10.0. The van der Waals surface area contributed by atoms with Crippen LogP contribution in [0.3, 0.4) is 0 Å². The molecule has 3 rings (SSSR count). The summed E-state index contributed by atoms with van der Waals surface area (Å²) in [6.07, 6.45) is 3.99. The van der Waals surface area contributed by atoms with Crippen molar-refractivity contribution < 1.29 is 9.84 Å². The predicted octanol–water partition coefficient (Wildman–Crippen LogP) is 2.16. The summed E-state index contributed by atoms with van der Waals surface area (Å²) in [5, 5.41) is 9.03. The zero-order chi connectivity index (χ0) is 11.7. The van der Waals surface area contributed by atoms with Gasteiger partial charge in [-0.2, -0.15) is 0 Å². The van der Waals surface area contributed by atoms with E-state index in [-0.39, 0.29) is 6.61 Å². The van der Waals surface area contributed by atoms with Crippen molar-refractivity contribution in [3.63, 3.8) is 0 Å². The van der Waals surface area contributed by atoms with Crippen LogP contribution in [0.4, 0.5) is 0 Å². The van der Waals surface area contributed by atoms with Crippen LogP contribution in [0.2, 0.25) is 0 Å². The summed E-state index contributed by atoms with van der Waals surface area (Å²) in [4.78, 5) is 0. The number of ether oxygens (including phenoxy) is 1. The second-order valence-corrected chi connectivity index (χ2v) is 4.42. The first-order chi connectivity index (χ1) is 8.36. The minimum Gasteiger partial charge on any atom is -0.493 e. The summed E-state index contributed by atoms with van der Waals surface area (Å²) in [7, 11) is 0. The Bertz CT molecular complexity index is 518. The van der Waals surface area contributed by atoms with Crippen molar-refractivity contribution in [2.75, 3.05) is 6.61 Å². The Balaban J connectivity index is 1.79. The molecule has 1 N–H and O–H groups in total. The number of fused-ring (bicyclic) bond motifs is 1. The molecule has 0 aliphatic carbocycles. The fourth-order valence-electron chi connectivity index (χ4n) is 2.33. The van der Waals surface area contributed by atoms with E-state index in [1.54, 1.807) is 0 Å². The predicted molar refractivity (Wildman–Crippen MR) is 65.0 cm³/mol. The Morgan fingerprint density at radius 2 is 2.18 bits per heavy atom. The molecule has 2 aromatic rings. The molecule has 0 saturated carbocycles. The molecule has 3 heteroatoms. The summed E-state index contributed by atoms with van der Waals surface area (Å²) in [6.45, 7) is 1.74. The molecule has 1 aromatic heterocycles. The first kappa shape index (κ1) is 10.4. The van der Waals surface area contributed by atoms with Crippen LogP contribution in [0, 0.1) is 0 Å². The number of para-hydroxylation sites is 1. The maximum absolute atomic E-state index is 9.03. The van der Waals surface area contributed by atoms with E-state index in [0.29, 0.717) is 5.92 Å². The monoisotopic (exact) mass is 229 g/mol. The average molecular weight is 229 g/mol. The minimum atomic E-state index is 0.102. The number of nitrogens with zero attached hydrogens (tertiary/aromatic N) is 1. The van der Waals surface area contributed by atoms with Gasteiger partial charge in [-0.05, 0) is 17.7 Å². The molecule has 1 unspecified atom stereocenters. The topological polar surface area (TPSA) is 34.4 Å². The van der Waals surface area contributed by atoms with Crippen LogP contribution in [0.5, 0.6) is 5.75 Å². The lowest BCUT2D eigenvalue weighted by Crippen LogP contribution is -2.09. The van der Waals surface area contributed by atoms with E-state index in [0.717, 1.165) is 24.5 Å². The van der Waals surface area contributed by atoms with Gasteiger partial charge in [0.15, 0.2) is 0 Å². The molecule has 1 aromatic carbocycles. The SMILES string of the molecule is OCc1ccn(CC2COc3ccccc32)c1. The van der Waals surface area contributed by atoms with Crippen LogP contribution >= 0.6 is 0 Å². The smallest absolute Gasteiger partial charge is 0.122 e. The van der Waals surface area contributed by atoms with E-state index in [1.165, 1.54) is 5.56 Å². The normalized spacial score (nSPS) is 17.8. The molecule has 2 heterocycles. The van der Waals surface area contributed by atoms with Crippen molar-refractivity contribution in [2.24, 2.45) is 0 Å². The molecule has 0 amide bonds. The van der Waals surface area contributed by atoms with Crippen molar-refractivity contribution in [1.82, 2.24) is 4.57 Å². The Hall–Kier alpha value is -1.74. The first-order valence-electron chi connectivity index (χ1n) is 5.84. The molecule has 1 aliphatic rings. The van der Waals surface area contributed by atoms with Gasteiger partial charge in [0.25, 0.3) is 0 Å². The van der Waals surface area contributed by atoms with Crippen LogP contribution in [0.15, 0.2) is 42.7 Å². The molecule has 1 aliphatic heterocycles. The Morgan fingerprint density at radius 3 is 3.00 bits per heavy atom. The van der Waals surface area contributed by atoms with E-state index in [4.69, 9.17) is 9.84 Å². The standard InChI is InChI=1S/C14H15NO2/c16-9-11-5-6-15(7-11)8-12-10-17-14-4-2-1-3-13(12)14/h1-7,12,16H,8-10H2. The van der Waals surface area contributed by atoms with Gasteiger partial charge in [0, 0.05) is 30.4 Å². The van der Waals surface area contributed by atoms with Gasteiger partial charge in [-0.15, -0.1) is 0 Å². The number of hydrogen-bond acceptors (Lipinski definition) is 2. The molecule has 17 heavy (non-hydrogen) atoms. The minimum absolute atomic E-state index is 0.102. The number of aromatic nitrogens is 1. The number of benzene rings is 1. The number of aliphatic hydroxyl groups is 1. The molecule has 3 nitrogen and oxygen atoms in total. The van der Waals surface area contributed by atoms with Crippen LogP contribution in [-0.2, 0) is 13.2 Å². The van der Waals surface area contributed by atoms with E-state index >= 15 is 0 Å². The molecular formula is C14H15NO2. The quantitative estimate of drug-likeness (QED) is 0.875. The largest absolute Gasteiger partial charge is 0.493 e. The highest BCUT2D eigenvalue weighted by molar-refractivity contribution is 5.39. The van der Waals surface area contributed by atoms with Crippen LogP contribution < -0.4 is 4.74 Å². The van der Waals surface area contributed by atoms with E-state index in [9.17, 15) is 0 Å². The van der Waals surface area contributed by atoms with Crippen molar-refractivity contribution in [2.45, 2.75) is 19.1 Å². The number of hydrogen-bond donors (Lipinski definition) is 1. The van der Waals surface area contributed by atoms with Crippen molar-refractivity contribution >= 4 is 0 Å². The van der Waals surface area contributed by atoms with Crippen molar-refractivity contribution in [3.8, 4) is 5.75 Å². The van der Waals surface area contributed by atoms with Gasteiger partial charge in [-0.1, -0.05) is 18.2 Å². The highest BCUT2D eigenvalue weighted by Crippen LogP contribution is 2.34. The van der Waals surface area contributed by atoms with Gasteiger partial charge in [0.1, 0.15) is 5.75 Å². The fraction of sp³-hybridized carbons (Fsp3) is 0.286. The third-order valence-corrected chi connectivity index (χ3v) is 3.22. The zero-order valence-corrected chi connectivity index (χ0v) is 9.54. The van der Waals surface area contributed by atoms with Crippen LogP contribution in [-0.4, -0.2) is 16.3 Å². The van der Waals surface area contributed by atoms with Gasteiger partial charge >= 0.3 is 0 Å². The molecule has 88 valence electrons. The van der Waals surface area contributed by atoms with Gasteiger partial charge < -0.3 is 14.4 Å². The van der Waals surface area contributed by atoms with Gasteiger partial charge in [-0.3, -0.25) is 0 Å². The zero-order valence-electron chi connectivity index (χ0n) is 9.54. The summed E-state index contributed by atoms with van der Waals surface area (Å²) >= 11 is 0.